The van der Waals surface area contributed by atoms with Crippen molar-refractivity contribution in [1.29, 1.82) is 0 Å². The zero-order chi connectivity index (χ0) is 16.7. The lowest BCUT2D eigenvalue weighted by atomic mass is 10.00. The van der Waals surface area contributed by atoms with E-state index in [0.29, 0.717) is 19.4 Å². The number of carbonyl (C=O) groups excluding carboxylic acids is 1. The van der Waals surface area contributed by atoms with Gasteiger partial charge in [0.25, 0.3) is 0 Å². The van der Waals surface area contributed by atoms with Gasteiger partial charge >= 0.3 is 0 Å². The van der Waals surface area contributed by atoms with E-state index in [-0.39, 0.29) is 11.9 Å². The summed E-state index contributed by atoms with van der Waals surface area (Å²) in [4.78, 5) is 12.1. The minimum Gasteiger partial charge on any atom is -0.494 e. The summed E-state index contributed by atoms with van der Waals surface area (Å²) >= 11 is 0. The van der Waals surface area contributed by atoms with Crippen LogP contribution >= 0.6 is 0 Å². The van der Waals surface area contributed by atoms with Gasteiger partial charge < -0.3 is 10.1 Å². The van der Waals surface area contributed by atoms with Gasteiger partial charge in [-0.05, 0) is 50.5 Å². The summed E-state index contributed by atoms with van der Waals surface area (Å²) < 4.78 is 5.60. The van der Waals surface area contributed by atoms with Crippen LogP contribution in [0.2, 0.25) is 0 Å². The fraction of sp³-hybridized carbons (Fsp3) is 0.350. The first-order valence-electron chi connectivity index (χ1n) is 8.10. The summed E-state index contributed by atoms with van der Waals surface area (Å²) in [5, 5.41) is 3.07. The monoisotopic (exact) mass is 311 g/mol. The normalized spacial score (nSPS) is 11.8. The number of benzene rings is 2. The number of ether oxygens (including phenoxy) is 1. The van der Waals surface area contributed by atoms with Crippen molar-refractivity contribution in [2.45, 2.75) is 39.7 Å². The van der Waals surface area contributed by atoms with Crippen molar-refractivity contribution in [3.8, 4) is 5.75 Å². The van der Waals surface area contributed by atoms with E-state index in [1.165, 1.54) is 16.7 Å². The Morgan fingerprint density at radius 3 is 2.61 bits per heavy atom. The van der Waals surface area contributed by atoms with Crippen molar-refractivity contribution in [2.75, 3.05) is 6.61 Å². The Morgan fingerprint density at radius 1 is 1.13 bits per heavy atom. The van der Waals surface area contributed by atoms with E-state index in [2.05, 4.69) is 37.4 Å². The SMILES string of the molecule is Cc1ccc(C)c([C@H](C)NC(=O)CCCOc2ccccc2)c1. The lowest BCUT2D eigenvalue weighted by Gasteiger charge is -2.17. The lowest BCUT2D eigenvalue weighted by molar-refractivity contribution is -0.121. The van der Waals surface area contributed by atoms with Crippen LogP contribution in [-0.4, -0.2) is 12.5 Å². The minimum atomic E-state index is 0.0254. The molecule has 2 aromatic rings. The van der Waals surface area contributed by atoms with Crippen LogP contribution in [0.5, 0.6) is 5.75 Å². The quantitative estimate of drug-likeness (QED) is 0.772. The highest BCUT2D eigenvalue weighted by Crippen LogP contribution is 2.19. The maximum absolute atomic E-state index is 12.1. The maximum Gasteiger partial charge on any atom is 0.220 e. The van der Waals surface area contributed by atoms with Gasteiger partial charge in [0.1, 0.15) is 5.75 Å². The molecule has 0 unspecified atom stereocenters. The van der Waals surface area contributed by atoms with Gasteiger partial charge in [0, 0.05) is 6.42 Å². The van der Waals surface area contributed by atoms with Gasteiger partial charge in [-0.3, -0.25) is 4.79 Å². The molecule has 0 heterocycles. The molecule has 0 saturated carbocycles. The largest absolute Gasteiger partial charge is 0.494 e. The fourth-order valence-electron chi connectivity index (χ4n) is 2.56. The van der Waals surface area contributed by atoms with Crippen LogP contribution in [0, 0.1) is 13.8 Å². The van der Waals surface area contributed by atoms with Gasteiger partial charge in [0.15, 0.2) is 0 Å². The molecule has 2 aromatic carbocycles. The minimum absolute atomic E-state index is 0.0254. The Balaban J connectivity index is 1.75. The summed E-state index contributed by atoms with van der Waals surface area (Å²) in [5.41, 5.74) is 3.60. The number of aryl methyl sites for hydroxylation is 2. The van der Waals surface area contributed by atoms with E-state index in [9.17, 15) is 4.79 Å². The van der Waals surface area contributed by atoms with E-state index < -0.39 is 0 Å². The molecular formula is C20H25NO2. The Bertz CT molecular complexity index is 637. The van der Waals surface area contributed by atoms with Gasteiger partial charge in [0.05, 0.1) is 12.6 Å². The zero-order valence-corrected chi connectivity index (χ0v) is 14.1. The third-order valence-electron chi connectivity index (χ3n) is 3.84. The Kier molecular flexibility index (Phi) is 6.21. The molecule has 0 aromatic heterocycles. The second-order valence-electron chi connectivity index (χ2n) is 5.91. The van der Waals surface area contributed by atoms with Crippen LogP contribution in [0.25, 0.3) is 0 Å². The number of rotatable bonds is 7. The van der Waals surface area contributed by atoms with Crippen molar-refractivity contribution in [1.82, 2.24) is 5.32 Å². The summed E-state index contributed by atoms with van der Waals surface area (Å²) in [6.07, 6.45) is 1.18. The maximum atomic E-state index is 12.1. The summed E-state index contributed by atoms with van der Waals surface area (Å²) in [7, 11) is 0. The van der Waals surface area contributed by atoms with Gasteiger partial charge in [-0.1, -0.05) is 42.0 Å². The predicted octanol–water partition coefficient (Wildman–Crippen LogP) is 4.34. The molecule has 0 spiro atoms. The van der Waals surface area contributed by atoms with E-state index in [0.717, 1.165) is 5.75 Å². The number of hydrogen-bond acceptors (Lipinski definition) is 2. The highest BCUT2D eigenvalue weighted by molar-refractivity contribution is 5.76. The van der Waals surface area contributed by atoms with E-state index in [1.807, 2.05) is 37.3 Å². The first kappa shape index (κ1) is 17.1. The molecule has 0 aliphatic carbocycles. The molecule has 0 aliphatic rings. The molecule has 0 fully saturated rings. The summed E-state index contributed by atoms with van der Waals surface area (Å²) in [6, 6.07) is 16.0. The third kappa shape index (κ3) is 5.44. The smallest absolute Gasteiger partial charge is 0.220 e. The number of nitrogens with one attached hydrogen (secondary N) is 1. The molecular weight excluding hydrogens is 286 g/mol. The number of amides is 1. The van der Waals surface area contributed by atoms with Crippen LogP contribution in [-0.2, 0) is 4.79 Å². The summed E-state index contributed by atoms with van der Waals surface area (Å²) in [5.74, 6) is 0.909. The molecule has 3 nitrogen and oxygen atoms in total. The van der Waals surface area contributed by atoms with Crippen molar-refractivity contribution in [3.05, 3.63) is 65.2 Å². The molecule has 2 rings (SSSR count). The van der Waals surface area contributed by atoms with Crippen molar-refractivity contribution < 1.29 is 9.53 Å². The van der Waals surface area contributed by atoms with Gasteiger partial charge in [-0.2, -0.15) is 0 Å². The molecule has 3 heteroatoms. The highest BCUT2D eigenvalue weighted by Gasteiger charge is 2.11. The topological polar surface area (TPSA) is 38.3 Å². The average molecular weight is 311 g/mol. The Labute approximate surface area is 138 Å². The van der Waals surface area contributed by atoms with Crippen LogP contribution in [0.4, 0.5) is 0 Å². The average Bonchev–Trinajstić information content (AvgIpc) is 2.54. The number of para-hydroxylation sites is 1. The first-order chi connectivity index (χ1) is 11.1. The van der Waals surface area contributed by atoms with E-state index in [4.69, 9.17) is 4.74 Å². The fourth-order valence-corrected chi connectivity index (χ4v) is 2.56. The van der Waals surface area contributed by atoms with Crippen LogP contribution in [0.15, 0.2) is 48.5 Å². The molecule has 1 N–H and O–H groups in total. The molecule has 23 heavy (non-hydrogen) atoms. The zero-order valence-electron chi connectivity index (χ0n) is 14.1. The Morgan fingerprint density at radius 2 is 1.87 bits per heavy atom. The third-order valence-corrected chi connectivity index (χ3v) is 3.84. The number of carbonyl (C=O) groups is 1. The molecule has 0 radical (unpaired) electrons. The predicted molar refractivity (Wildman–Crippen MR) is 93.6 cm³/mol. The van der Waals surface area contributed by atoms with Crippen molar-refractivity contribution in [3.63, 3.8) is 0 Å². The molecule has 0 bridgehead atoms. The van der Waals surface area contributed by atoms with Gasteiger partial charge in [-0.15, -0.1) is 0 Å². The summed E-state index contributed by atoms with van der Waals surface area (Å²) in [6.45, 7) is 6.72. The van der Waals surface area contributed by atoms with E-state index >= 15 is 0 Å². The second-order valence-corrected chi connectivity index (χ2v) is 5.91. The number of hydrogen-bond donors (Lipinski definition) is 1. The highest BCUT2D eigenvalue weighted by atomic mass is 16.5. The van der Waals surface area contributed by atoms with Crippen molar-refractivity contribution in [2.24, 2.45) is 0 Å². The molecule has 1 atom stereocenters. The van der Waals surface area contributed by atoms with Gasteiger partial charge in [0.2, 0.25) is 5.91 Å². The molecule has 1 amide bonds. The Hall–Kier alpha value is -2.29. The van der Waals surface area contributed by atoms with Crippen molar-refractivity contribution >= 4 is 5.91 Å². The van der Waals surface area contributed by atoms with Crippen LogP contribution in [0.1, 0.15) is 42.5 Å². The first-order valence-corrected chi connectivity index (χ1v) is 8.10. The van der Waals surface area contributed by atoms with Crippen LogP contribution < -0.4 is 10.1 Å². The van der Waals surface area contributed by atoms with Gasteiger partial charge in [-0.25, -0.2) is 0 Å². The second kappa shape index (κ2) is 8.37. The molecule has 0 aliphatic heterocycles. The standard InChI is InChI=1S/C20H25NO2/c1-15-11-12-16(2)19(14-15)17(3)21-20(22)10-7-13-23-18-8-5-4-6-9-18/h4-6,8-9,11-12,14,17H,7,10,13H2,1-3H3,(H,21,22)/t17-/m0/s1. The lowest BCUT2D eigenvalue weighted by Crippen LogP contribution is -2.27. The van der Waals surface area contributed by atoms with E-state index in [1.54, 1.807) is 0 Å². The van der Waals surface area contributed by atoms with Crippen LogP contribution in [0.3, 0.4) is 0 Å². The molecule has 0 saturated heterocycles. The molecule has 122 valence electrons.